The molecule has 0 unspecified atom stereocenters. The van der Waals surface area contributed by atoms with Crippen molar-refractivity contribution in [1.82, 2.24) is 0 Å². The second kappa shape index (κ2) is 11.2. The van der Waals surface area contributed by atoms with Crippen LogP contribution in [0.3, 0.4) is 0 Å². The van der Waals surface area contributed by atoms with Crippen LogP contribution in [-0.4, -0.2) is 0 Å². The smallest absolute Gasteiger partial charge is 0.00258 e. The molecular weight excluding hydrogens is 553 g/mol. The Balaban J connectivity index is 1.51. The summed E-state index contributed by atoms with van der Waals surface area (Å²) in [5.41, 5.74) is 11.3. The van der Waals surface area contributed by atoms with E-state index in [2.05, 4.69) is 185 Å². The molecule has 0 spiro atoms. The van der Waals surface area contributed by atoms with Gasteiger partial charge in [0.1, 0.15) is 0 Å². The molecule has 0 aliphatic rings. The van der Waals surface area contributed by atoms with Crippen LogP contribution in [0.15, 0.2) is 164 Å². The van der Waals surface area contributed by atoms with Gasteiger partial charge in [0.2, 0.25) is 0 Å². The molecule has 0 heteroatoms. The van der Waals surface area contributed by atoms with E-state index in [1.54, 1.807) is 0 Å². The van der Waals surface area contributed by atoms with Gasteiger partial charge in [-0.2, -0.15) is 0 Å². The molecule has 0 N–H and O–H groups in total. The van der Waals surface area contributed by atoms with Gasteiger partial charge in [0, 0.05) is 0 Å². The number of hydrogen-bond donors (Lipinski definition) is 0. The molecule has 0 bridgehead atoms. The van der Waals surface area contributed by atoms with E-state index in [4.69, 9.17) is 0 Å². The van der Waals surface area contributed by atoms with Gasteiger partial charge in [-0.3, -0.25) is 0 Å². The molecule has 8 aromatic carbocycles. The van der Waals surface area contributed by atoms with Crippen LogP contribution in [0, 0.1) is 0 Å². The lowest BCUT2D eigenvalue weighted by molar-refractivity contribution is 0.591. The van der Waals surface area contributed by atoms with Crippen LogP contribution in [0.1, 0.15) is 26.3 Å². The molecule has 0 aromatic heterocycles. The number of rotatable bonds is 4. The normalized spacial score (nSPS) is 11.8. The van der Waals surface area contributed by atoms with Crippen molar-refractivity contribution in [1.29, 1.82) is 0 Å². The highest BCUT2D eigenvalue weighted by molar-refractivity contribution is 6.22. The van der Waals surface area contributed by atoms with E-state index in [0.717, 1.165) is 0 Å². The quantitative estimate of drug-likeness (QED) is 0.179. The highest BCUT2D eigenvalue weighted by atomic mass is 14.2. The third-order valence-electron chi connectivity index (χ3n) is 9.36. The van der Waals surface area contributed by atoms with Crippen LogP contribution in [0.2, 0.25) is 0 Å². The highest BCUT2D eigenvalue weighted by Gasteiger charge is 2.21. The van der Waals surface area contributed by atoms with Crippen LogP contribution < -0.4 is 0 Å². The summed E-state index contributed by atoms with van der Waals surface area (Å²) in [6, 6.07) is 60.4. The summed E-state index contributed by atoms with van der Waals surface area (Å²) in [7, 11) is 0. The molecule has 0 radical (unpaired) electrons. The second-order valence-corrected chi connectivity index (χ2v) is 13.4. The third-order valence-corrected chi connectivity index (χ3v) is 9.36. The van der Waals surface area contributed by atoms with Crippen LogP contribution in [0.5, 0.6) is 0 Å². The summed E-state index contributed by atoms with van der Waals surface area (Å²) in [4.78, 5) is 0. The standard InChI is InChI=1S/C46H36/c1-46(2,3)39-24-25-42-43(30-39)45(38-28-36(31-14-6-4-7-15-31)27-37(29-38)32-16-8-5-9-17-32)41-21-13-12-20-40(41)44(42)35-23-22-33-18-10-11-19-34(33)26-35/h4-30H,1-3H3. The van der Waals surface area contributed by atoms with E-state index >= 15 is 0 Å². The van der Waals surface area contributed by atoms with Crippen molar-refractivity contribution in [2.75, 3.05) is 0 Å². The first kappa shape index (κ1) is 28.0. The van der Waals surface area contributed by atoms with Gasteiger partial charge in [0.25, 0.3) is 0 Å². The summed E-state index contributed by atoms with van der Waals surface area (Å²) in [6.45, 7) is 6.92. The maximum absolute atomic E-state index is 2.46. The SMILES string of the molecule is CC(C)(C)c1ccc2c(-c3ccc4ccccc4c3)c3ccccc3c(-c3cc(-c4ccccc4)cc(-c4ccccc4)c3)c2c1. The summed E-state index contributed by atoms with van der Waals surface area (Å²) in [6.07, 6.45) is 0. The van der Waals surface area contributed by atoms with Gasteiger partial charge >= 0.3 is 0 Å². The summed E-state index contributed by atoms with van der Waals surface area (Å²) >= 11 is 0. The molecule has 0 amide bonds. The van der Waals surface area contributed by atoms with E-state index in [0.29, 0.717) is 0 Å². The van der Waals surface area contributed by atoms with Crippen molar-refractivity contribution in [3.63, 3.8) is 0 Å². The number of benzene rings is 8. The Morgan fingerprint density at radius 3 is 1.41 bits per heavy atom. The van der Waals surface area contributed by atoms with Crippen molar-refractivity contribution in [2.24, 2.45) is 0 Å². The molecule has 0 fully saturated rings. The predicted molar refractivity (Wildman–Crippen MR) is 199 cm³/mol. The van der Waals surface area contributed by atoms with Crippen molar-refractivity contribution >= 4 is 32.3 Å². The molecular formula is C46H36. The molecule has 0 saturated carbocycles. The molecule has 0 atom stereocenters. The van der Waals surface area contributed by atoms with E-state index in [9.17, 15) is 0 Å². The molecule has 0 aliphatic carbocycles. The average Bonchev–Trinajstić information content (AvgIpc) is 3.10. The Hall–Kier alpha value is -5.46. The Labute approximate surface area is 271 Å². The van der Waals surface area contributed by atoms with Crippen molar-refractivity contribution in [2.45, 2.75) is 26.2 Å². The Morgan fingerprint density at radius 2 is 0.804 bits per heavy atom. The first-order valence-corrected chi connectivity index (χ1v) is 16.2. The maximum Gasteiger partial charge on any atom is -0.00258 e. The molecule has 46 heavy (non-hydrogen) atoms. The molecule has 0 saturated heterocycles. The topological polar surface area (TPSA) is 0 Å². The number of hydrogen-bond acceptors (Lipinski definition) is 0. The predicted octanol–water partition coefficient (Wildman–Crippen LogP) is 13.1. The summed E-state index contributed by atoms with van der Waals surface area (Å²) < 4.78 is 0. The number of fused-ring (bicyclic) bond motifs is 3. The average molecular weight is 589 g/mol. The zero-order valence-corrected chi connectivity index (χ0v) is 26.6. The van der Waals surface area contributed by atoms with E-state index in [1.807, 2.05) is 0 Å². The zero-order chi connectivity index (χ0) is 31.3. The Kier molecular flexibility index (Phi) is 6.80. The van der Waals surface area contributed by atoms with Crippen LogP contribution in [-0.2, 0) is 5.41 Å². The summed E-state index contributed by atoms with van der Waals surface area (Å²) in [5.74, 6) is 0. The lowest BCUT2D eigenvalue weighted by Gasteiger charge is -2.23. The third kappa shape index (κ3) is 4.97. The van der Waals surface area contributed by atoms with E-state index < -0.39 is 0 Å². The Bertz CT molecular complexity index is 2310. The lowest BCUT2D eigenvalue weighted by atomic mass is 9.80. The van der Waals surface area contributed by atoms with Gasteiger partial charge in [-0.25, -0.2) is 0 Å². The highest BCUT2D eigenvalue weighted by Crippen LogP contribution is 2.46. The van der Waals surface area contributed by atoms with Gasteiger partial charge in [-0.05, 0) is 118 Å². The fourth-order valence-corrected chi connectivity index (χ4v) is 6.98. The van der Waals surface area contributed by atoms with Gasteiger partial charge < -0.3 is 0 Å². The summed E-state index contributed by atoms with van der Waals surface area (Å²) in [5, 5.41) is 7.64. The monoisotopic (exact) mass is 588 g/mol. The molecule has 0 nitrogen and oxygen atoms in total. The molecule has 8 aromatic rings. The van der Waals surface area contributed by atoms with Gasteiger partial charge in [0.05, 0.1) is 0 Å². The fourth-order valence-electron chi connectivity index (χ4n) is 6.98. The maximum atomic E-state index is 2.46. The van der Waals surface area contributed by atoms with E-state index in [-0.39, 0.29) is 5.41 Å². The lowest BCUT2D eigenvalue weighted by Crippen LogP contribution is -2.10. The van der Waals surface area contributed by atoms with E-state index in [1.165, 1.54) is 82.4 Å². The van der Waals surface area contributed by atoms with Gasteiger partial charge in [0.15, 0.2) is 0 Å². The van der Waals surface area contributed by atoms with Gasteiger partial charge in [-0.1, -0.05) is 154 Å². The molecule has 8 rings (SSSR count). The van der Waals surface area contributed by atoms with Crippen molar-refractivity contribution in [3.05, 3.63) is 169 Å². The van der Waals surface area contributed by atoms with Crippen molar-refractivity contribution < 1.29 is 0 Å². The van der Waals surface area contributed by atoms with Crippen LogP contribution in [0.25, 0.3) is 76.8 Å². The fraction of sp³-hybridized carbons (Fsp3) is 0.0870. The minimum absolute atomic E-state index is 0.0152. The van der Waals surface area contributed by atoms with Gasteiger partial charge in [-0.15, -0.1) is 0 Å². The largest absolute Gasteiger partial charge is 0.0622 e. The first-order chi connectivity index (χ1) is 22.4. The minimum Gasteiger partial charge on any atom is -0.0622 e. The molecule has 0 aliphatic heterocycles. The Morgan fingerprint density at radius 1 is 0.304 bits per heavy atom. The minimum atomic E-state index is 0.0152. The first-order valence-electron chi connectivity index (χ1n) is 16.2. The van der Waals surface area contributed by atoms with Crippen LogP contribution >= 0.6 is 0 Å². The second-order valence-electron chi connectivity index (χ2n) is 13.4. The zero-order valence-electron chi connectivity index (χ0n) is 26.6. The van der Waals surface area contributed by atoms with Crippen LogP contribution in [0.4, 0.5) is 0 Å². The van der Waals surface area contributed by atoms with Crippen molar-refractivity contribution in [3.8, 4) is 44.5 Å². The molecule has 0 heterocycles. The molecule has 220 valence electrons.